The number of anilines is 2. The van der Waals surface area contributed by atoms with E-state index in [1.807, 2.05) is 24.4 Å². The first-order chi connectivity index (χ1) is 17.1. The fraction of sp³-hybridized carbons (Fsp3) is 0.333. The van der Waals surface area contributed by atoms with E-state index in [2.05, 4.69) is 51.5 Å². The lowest BCUT2D eigenvalue weighted by Gasteiger charge is -2.38. The number of hydrogen-bond donors (Lipinski definition) is 0. The van der Waals surface area contributed by atoms with Gasteiger partial charge in [-0.2, -0.15) is 5.10 Å². The summed E-state index contributed by atoms with van der Waals surface area (Å²) in [5.41, 5.74) is 6.70. The molecular weight excluding hydrogens is 462 g/mol. The second-order valence-corrected chi connectivity index (χ2v) is 9.44. The second kappa shape index (κ2) is 8.96. The molecule has 0 amide bonds. The van der Waals surface area contributed by atoms with Crippen molar-refractivity contribution >= 4 is 33.9 Å². The maximum Gasteiger partial charge on any atom is 0.231 e. The molecule has 0 atom stereocenters. The lowest BCUT2D eigenvalue weighted by Crippen LogP contribution is -2.47. The first kappa shape index (κ1) is 22.0. The summed E-state index contributed by atoms with van der Waals surface area (Å²) in [5, 5.41) is 6.98. The zero-order chi connectivity index (χ0) is 23.9. The van der Waals surface area contributed by atoms with Crippen LogP contribution in [0.3, 0.4) is 0 Å². The van der Waals surface area contributed by atoms with E-state index in [0.29, 0.717) is 6.54 Å². The van der Waals surface area contributed by atoms with Crippen LogP contribution >= 0.6 is 11.6 Å². The smallest absolute Gasteiger partial charge is 0.231 e. The highest BCUT2D eigenvalue weighted by Crippen LogP contribution is 2.48. The summed E-state index contributed by atoms with van der Waals surface area (Å²) in [6.45, 7) is 8.70. The molecule has 4 aromatic rings. The number of rotatable bonds is 5. The van der Waals surface area contributed by atoms with Crippen LogP contribution in [0.1, 0.15) is 23.7 Å². The van der Waals surface area contributed by atoms with Crippen LogP contribution < -0.4 is 19.3 Å². The van der Waals surface area contributed by atoms with Crippen molar-refractivity contribution in [2.24, 2.45) is 0 Å². The van der Waals surface area contributed by atoms with E-state index in [-0.39, 0.29) is 6.79 Å². The van der Waals surface area contributed by atoms with E-state index in [1.54, 1.807) is 6.20 Å². The molecule has 2 aliphatic heterocycles. The van der Waals surface area contributed by atoms with E-state index in [9.17, 15) is 0 Å². The van der Waals surface area contributed by atoms with Crippen molar-refractivity contribution in [3.8, 4) is 11.5 Å². The van der Waals surface area contributed by atoms with Crippen LogP contribution in [-0.2, 0) is 13.0 Å². The SMILES string of the molecule is CCc1nn(Cc2cccnc2)c2cc3c(c(N4CCN(c5cccc(Cl)c5C)CC4)c12)OCO3. The van der Waals surface area contributed by atoms with Crippen LogP contribution in [0.2, 0.25) is 5.02 Å². The van der Waals surface area contributed by atoms with Crippen molar-refractivity contribution in [1.29, 1.82) is 0 Å². The van der Waals surface area contributed by atoms with E-state index in [0.717, 1.165) is 82.5 Å². The van der Waals surface area contributed by atoms with Gasteiger partial charge in [-0.1, -0.05) is 30.7 Å². The number of aromatic nitrogens is 3. The third-order valence-corrected chi connectivity index (χ3v) is 7.40. The third kappa shape index (κ3) is 3.84. The average molecular weight is 490 g/mol. The minimum Gasteiger partial charge on any atom is -0.453 e. The van der Waals surface area contributed by atoms with E-state index >= 15 is 0 Å². The van der Waals surface area contributed by atoms with Crippen LogP contribution in [-0.4, -0.2) is 47.7 Å². The van der Waals surface area contributed by atoms with Gasteiger partial charge >= 0.3 is 0 Å². The van der Waals surface area contributed by atoms with Crippen molar-refractivity contribution < 1.29 is 9.47 Å². The molecule has 0 N–H and O–H groups in total. The van der Waals surface area contributed by atoms with Gasteiger partial charge in [-0.05, 0) is 42.7 Å². The van der Waals surface area contributed by atoms with Crippen molar-refractivity contribution in [3.05, 3.63) is 70.6 Å². The molecular formula is C27H28ClN5O2. The van der Waals surface area contributed by atoms with Gasteiger partial charge in [0.05, 0.1) is 28.8 Å². The second-order valence-electron chi connectivity index (χ2n) is 9.03. The van der Waals surface area contributed by atoms with Crippen LogP contribution in [0, 0.1) is 6.92 Å². The van der Waals surface area contributed by atoms with Gasteiger partial charge < -0.3 is 19.3 Å². The van der Waals surface area contributed by atoms with E-state index < -0.39 is 0 Å². The highest BCUT2D eigenvalue weighted by atomic mass is 35.5. The van der Waals surface area contributed by atoms with Crippen molar-refractivity contribution in [2.75, 3.05) is 42.8 Å². The lowest BCUT2D eigenvalue weighted by molar-refractivity contribution is 0.174. The Bertz CT molecular complexity index is 1380. The monoisotopic (exact) mass is 489 g/mol. The summed E-state index contributed by atoms with van der Waals surface area (Å²) in [4.78, 5) is 9.12. The molecule has 2 aliphatic rings. The van der Waals surface area contributed by atoms with Crippen molar-refractivity contribution in [1.82, 2.24) is 14.8 Å². The van der Waals surface area contributed by atoms with E-state index in [1.165, 1.54) is 5.69 Å². The predicted octanol–water partition coefficient (Wildman–Crippen LogP) is 5.06. The molecule has 0 unspecified atom stereocenters. The fourth-order valence-electron chi connectivity index (χ4n) is 5.19. The number of nitrogens with zero attached hydrogens (tertiary/aromatic N) is 5. The largest absolute Gasteiger partial charge is 0.453 e. The minimum absolute atomic E-state index is 0.244. The summed E-state index contributed by atoms with van der Waals surface area (Å²) in [5.74, 6) is 1.62. The molecule has 0 saturated carbocycles. The van der Waals surface area contributed by atoms with Crippen LogP contribution in [0.15, 0.2) is 48.8 Å². The zero-order valence-electron chi connectivity index (χ0n) is 20.0. The summed E-state index contributed by atoms with van der Waals surface area (Å²) in [6, 6.07) is 12.3. The highest BCUT2D eigenvalue weighted by Gasteiger charge is 2.31. The fourth-order valence-corrected chi connectivity index (χ4v) is 5.36. The summed E-state index contributed by atoms with van der Waals surface area (Å²) in [7, 11) is 0. The number of hydrogen-bond acceptors (Lipinski definition) is 6. The Morgan fingerprint density at radius 1 is 1.03 bits per heavy atom. The van der Waals surface area contributed by atoms with Gasteiger partial charge in [0.15, 0.2) is 11.5 Å². The van der Waals surface area contributed by atoms with Crippen molar-refractivity contribution in [3.63, 3.8) is 0 Å². The lowest BCUT2D eigenvalue weighted by atomic mass is 10.1. The standard InChI is InChI=1S/C27H28ClN5O2/c1-3-21-25-23(33(30-21)16-19-6-5-9-29-15-19)14-24-27(35-17-34-24)26(25)32-12-10-31(11-13-32)22-8-4-7-20(28)18(22)2/h4-9,14-15H,3,10-13,16-17H2,1-2H3. The van der Waals surface area contributed by atoms with Gasteiger partial charge in [0.2, 0.25) is 6.79 Å². The summed E-state index contributed by atoms with van der Waals surface area (Å²) < 4.78 is 14.0. The molecule has 4 heterocycles. The van der Waals surface area contributed by atoms with Crippen LogP contribution in [0.4, 0.5) is 11.4 Å². The molecule has 180 valence electrons. The molecule has 0 bridgehead atoms. The number of halogens is 1. The number of ether oxygens (including phenoxy) is 2. The number of benzene rings is 2. The Hall–Kier alpha value is -3.45. The van der Waals surface area contributed by atoms with Crippen LogP contribution in [0.5, 0.6) is 11.5 Å². The first-order valence-electron chi connectivity index (χ1n) is 12.1. The van der Waals surface area contributed by atoms with E-state index in [4.69, 9.17) is 26.2 Å². The Labute approximate surface area is 209 Å². The molecule has 6 rings (SSSR count). The number of piperazine rings is 1. The summed E-state index contributed by atoms with van der Waals surface area (Å²) in [6.07, 6.45) is 4.53. The van der Waals surface area contributed by atoms with Gasteiger partial charge in [0.1, 0.15) is 0 Å². The molecule has 1 saturated heterocycles. The quantitative estimate of drug-likeness (QED) is 0.390. The van der Waals surface area contributed by atoms with Gasteiger partial charge in [-0.3, -0.25) is 9.67 Å². The molecule has 0 aliphatic carbocycles. The molecule has 0 radical (unpaired) electrons. The van der Waals surface area contributed by atoms with Crippen LogP contribution in [0.25, 0.3) is 10.9 Å². The average Bonchev–Trinajstić information content (AvgIpc) is 3.50. The first-order valence-corrected chi connectivity index (χ1v) is 12.5. The third-order valence-electron chi connectivity index (χ3n) is 6.99. The van der Waals surface area contributed by atoms with Gasteiger partial charge in [0.25, 0.3) is 0 Å². The van der Waals surface area contributed by atoms with Gasteiger partial charge in [-0.15, -0.1) is 0 Å². The molecule has 1 fully saturated rings. The molecule has 8 heteroatoms. The van der Waals surface area contributed by atoms with Crippen molar-refractivity contribution in [2.45, 2.75) is 26.8 Å². The Morgan fingerprint density at radius 3 is 2.63 bits per heavy atom. The normalized spacial score (nSPS) is 15.3. The molecule has 2 aromatic carbocycles. The number of fused-ring (bicyclic) bond motifs is 2. The maximum atomic E-state index is 6.40. The van der Waals surface area contributed by atoms with Gasteiger partial charge in [0, 0.05) is 55.3 Å². The number of aryl methyl sites for hydroxylation is 1. The summed E-state index contributed by atoms with van der Waals surface area (Å²) >= 11 is 6.40. The zero-order valence-corrected chi connectivity index (χ0v) is 20.8. The highest BCUT2D eigenvalue weighted by molar-refractivity contribution is 6.31. The number of pyridine rings is 1. The predicted molar refractivity (Wildman–Crippen MR) is 139 cm³/mol. The minimum atomic E-state index is 0.244. The molecule has 35 heavy (non-hydrogen) atoms. The molecule has 2 aromatic heterocycles. The Morgan fingerprint density at radius 2 is 1.86 bits per heavy atom. The van der Waals surface area contributed by atoms with Gasteiger partial charge in [-0.25, -0.2) is 0 Å². The maximum absolute atomic E-state index is 6.40. The topological polar surface area (TPSA) is 55.7 Å². The Balaban J connectivity index is 1.38. The molecule has 7 nitrogen and oxygen atoms in total. The molecule has 0 spiro atoms. The Kier molecular flexibility index (Phi) is 5.65.